The second-order valence-corrected chi connectivity index (χ2v) is 6.46. The molecule has 0 aliphatic carbocycles. The summed E-state index contributed by atoms with van der Waals surface area (Å²) in [5, 5.41) is 4.14. The zero-order chi connectivity index (χ0) is 13.0. The highest BCUT2D eigenvalue weighted by atomic mass is 32.2. The van der Waals surface area contributed by atoms with Crippen molar-refractivity contribution in [2.24, 2.45) is 0 Å². The summed E-state index contributed by atoms with van der Waals surface area (Å²) in [5.41, 5.74) is 0.507. The first-order chi connectivity index (χ1) is 8.59. The van der Waals surface area contributed by atoms with Gasteiger partial charge in [0, 0.05) is 12.8 Å². The van der Waals surface area contributed by atoms with Gasteiger partial charge in [0.1, 0.15) is 0 Å². The van der Waals surface area contributed by atoms with E-state index in [1.165, 1.54) is 12.6 Å². The SMILES string of the molecule is CCS(=O)(=O)Nc1cnn(CC2CCCCO2)c1. The van der Waals surface area contributed by atoms with Gasteiger partial charge >= 0.3 is 0 Å². The average Bonchev–Trinajstić information content (AvgIpc) is 2.77. The minimum absolute atomic E-state index is 0.0594. The van der Waals surface area contributed by atoms with Crippen LogP contribution in [0.3, 0.4) is 0 Å². The van der Waals surface area contributed by atoms with Gasteiger partial charge in [-0.3, -0.25) is 9.40 Å². The molecule has 1 unspecified atom stereocenters. The molecule has 0 saturated carbocycles. The van der Waals surface area contributed by atoms with E-state index >= 15 is 0 Å². The number of sulfonamides is 1. The maximum absolute atomic E-state index is 11.4. The van der Waals surface area contributed by atoms with Gasteiger partial charge < -0.3 is 4.74 Å². The van der Waals surface area contributed by atoms with Gasteiger partial charge in [0.2, 0.25) is 10.0 Å². The van der Waals surface area contributed by atoms with Crippen molar-refractivity contribution in [3.63, 3.8) is 0 Å². The first-order valence-electron chi connectivity index (χ1n) is 6.23. The summed E-state index contributed by atoms with van der Waals surface area (Å²) in [5.74, 6) is 0.0594. The molecular weight excluding hydrogens is 254 g/mol. The van der Waals surface area contributed by atoms with Crippen LogP contribution in [0.4, 0.5) is 5.69 Å². The smallest absolute Gasteiger partial charge is 0.232 e. The summed E-state index contributed by atoms with van der Waals surface area (Å²) in [7, 11) is -3.23. The Hall–Kier alpha value is -1.08. The van der Waals surface area contributed by atoms with E-state index in [0.717, 1.165) is 19.4 Å². The van der Waals surface area contributed by atoms with E-state index in [9.17, 15) is 8.42 Å². The van der Waals surface area contributed by atoms with Crippen molar-refractivity contribution in [3.05, 3.63) is 12.4 Å². The van der Waals surface area contributed by atoms with Crippen LogP contribution in [0.5, 0.6) is 0 Å². The van der Waals surface area contributed by atoms with Crippen molar-refractivity contribution in [1.82, 2.24) is 9.78 Å². The van der Waals surface area contributed by atoms with Gasteiger partial charge in [0.05, 0.1) is 30.3 Å². The molecule has 1 aliphatic heterocycles. The van der Waals surface area contributed by atoms with Crippen LogP contribution in [0.25, 0.3) is 0 Å². The lowest BCUT2D eigenvalue weighted by Gasteiger charge is -2.22. The van der Waals surface area contributed by atoms with E-state index in [1.54, 1.807) is 17.8 Å². The third-order valence-corrected chi connectivity index (χ3v) is 4.26. The van der Waals surface area contributed by atoms with E-state index in [1.807, 2.05) is 0 Å². The van der Waals surface area contributed by atoms with Gasteiger partial charge in [-0.05, 0) is 26.2 Å². The summed E-state index contributed by atoms with van der Waals surface area (Å²) < 4.78 is 32.6. The van der Waals surface area contributed by atoms with Gasteiger partial charge in [-0.25, -0.2) is 8.42 Å². The Balaban J connectivity index is 1.93. The first kappa shape index (κ1) is 13.4. The van der Waals surface area contributed by atoms with Crippen LogP contribution >= 0.6 is 0 Å². The van der Waals surface area contributed by atoms with Gasteiger partial charge in [0.25, 0.3) is 0 Å². The number of hydrogen-bond acceptors (Lipinski definition) is 4. The largest absolute Gasteiger partial charge is 0.376 e. The van der Waals surface area contributed by atoms with Crippen LogP contribution in [0.15, 0.2) is 12.4 Å². The van der Waals surface area contributed by atoms with Gasteiger partial charge in [-0.2, -0.15) is 5.10 Å². The minimum Gasteiger partial charge on any atom is -0.376 e. The Morgan fingerprint density at radius 2 is 2.39 bits per heavy atom. The predicted octanol–water partition coefficient (Wildman–Crippen LogP) is 1.21. The van der Waals surface area contributed by atoms with Crippen molar-refractivity contribution < 1.29 is 13.2 Å². The Labute approximate surface area is 107 Å². The molecule has 0 aromatic carbocycles. The van der Waals surface area contributed by atoms with Crippen molar-refractivity contribution in [3.8, 4) is 0 Å². The predicted molar refractivity (Wildman–Crippen MR) is 68.9 cm³/mol. The van der Waals surface area contributed by atoms with E-state index < -0.39 is 10.0 Å². The number of nitrogens with zero attached hydrogens (tertiary/aromatic N) is 2. The maximum Gasteiger partial charge on any atom is 0.232 e. The molecule has 1 aromatic heterocycles. The topological polar surface area (TPSA) is 73.2 Å². The minimum atomic E-state index is -3.23. The van der Waals surface area contributed by atoms with Gasteiger partial charge in [-0.1, -0.05) is 0 Å². The Morgan fingerprint density at radius 3 is 3.06 bits per heavy atom. The van der Waals surface area contributed by atoms with E-state index in [2.05, 4.69) is 9.82 Å². The number of nitrogens with one attached hydrogen (secondary N) is 1. The van der Waals surface area contributed by atoms with Crippen LogP contribution in [0, 0.1) is 0 Å². The number of rotatable bonds is 5. The lowest BCUT2D eigenvalue weighted by Crippen LogP contribution is -2.24. The van der Waals surface area contributed by atoms with Crippen molar-refractivity contribution in [2.45, 2.75) is 38.8 Å². The van der Waals surface area contributed by atoms with E-state index in [0.29, 0.717) is 12.2 Å². The number of aromatic nitrogens is 2. The van der Waals surface area contributed by atoms with Crippen LogP contribution in [0.1, 0.15) is 26.2 Å². The first-order valence-corrected chi connectivity index (χ1v) is 7.89. The molecule has 7 heteroatoms. The fourth-order valence-electron chi connectivity index (χ4n) is 1.93. The van der Waals surface area contributed by atoms with Crippen molar-refractivity contribution >= 4 is 15.7 Å². The van der Waals surface area contributed by atoms with E-state index in [4.69, 9.17) is 4.74 Å². The highest BCUT2D eigenvalue weighted by Crippen LogP contribution is 2.15. The fraction of sp³-hybridized carbons (Fsp3) is 0.727. The Bertz CT molecular complexity index is 477. The molecule has 0 bridgehead atoms. The van der Waals surface area contributed by atoms with E-state index in [-0.39, 0.29) is 11.9 Å². The highest BCUT2D eigenvalue weighted by Gasteiger charge is 2.15. The molecule has 2 rings (SSSR count). The zero-order valence-corrected chi connectivity index (χ0v) is 11.3. The van der Waals surface area contributed by atoms with Crippen LogP contribution in [0.2, 0.25) is 0 Å². The molecule has 0 spiro atoms. The molecule has 102 valence electrons. The molecule has 1 aliphatic rings. The van der Waals surface area contributed by atoms with Gasteiger partial charge in [0.15, 0.2) is 0 Å². The average molecular weight is 273 g/mol. The number of hydrogen-bond donors (Lipinski definition) is 1. The quantitative estimate of drug-likeness (QED) is 0.875. The third kappa shape index (κ3) is 3.71. The molecule has 0 amide bonds. The lowest BCUT2D eigenvalue weighted by molar-refractivity contribution is 0.00401. The molecule has 18 heavy (non-hydrogen) atoms. The maximum atomic E-state index is 11.4. The molecule has 0 radical (unpaired) electrons. The molecular formula is C11H19N3O3S. The molecule has 1 N–H and O–H groups in total. The molecule has 1 atom stereocenters. The van der Waals surface area contributed by atoms with Crippen LogP contribution < -0.4 is 4.72 Å². The van der Waals surface area contributed by atoms with Crippen LogP contribution in [-0.2, 0) is 21.3 Å². The Morgan fingerprint density at radius 1 is 1.56 bits per heavy atom. The number of anilines is 1. The van der Waals surface area contributed by atoms with Crippen molar-refractivity contribution in [2.75, 3.05) is 17.1 Å². The normalized spacial score (nSPS) is 20.8. The highest BCUT2D eigenvalue weighted by molar-refractivity contribution is 7.92. The second kappa shape index (κ2) is 5.71. The summed E-state index contributed by atoms with van der Waals surface area (Å²) in [6.07, 6.45) is 6.75. The zero-order valence-electron chi connectivity index (χ0n) is 10.5. The molecule has 2 heterocycles. The summed E-state index contributed by atoms with van der Waals surface area (Å²) in [4.78, 5) is 0. The summed E-state index contributed by atoms with van der Waals surface area (Å²) in [6.45, 7) is 3.08. The van der Waals surface area contributed by atoms with Gasteiger partial charge in [-0.15, -0.1) is 0 Å². The molecule has 6 nitrogen and oxygen atoms in total. The monoisotopic (exact) mass is 273 g/mol. The summed E-state index contributed by atoms with van der Waals surface area (Å²) >= 11 is 0. The lowest BCUT2D eigenvalue weighted by atomic mass is 10.1. The molecule has 1 saturated heterocycles. The summed E-state index contributed by atoms with van der Waals surface area (Å²) in [6, 6.07) is 0. The molecule has 1 aromatic rings. The Kier molecular flexibility index (Phi) is 4.23. The number of ether oxygens (including phenoxy) is 1. The molecule has 1 fully saturated rings. The van der Waals surface area contributed by atoms with Crippen molar-refractivity contribution in [1.29, 1.82) is 0 Å². The second-order valence-electron chi connectivity index (χ2n) is 4.45. The standard InChI is InChI=1S/C11H19N3O3S/c1-2-18(15,16)13-10-7-12-14(8-10)9-11-5-3-4-6-17-11/h7-8,11,13H,2-6,9H2,1H3. The fourth-order valence-corrected chi connectivity index (χ4v) is 2.54. The van der Waals surface area contributed by atoms with Crippen LogP contribution in [-0.4, -0.2) is 36.7 Å². The third-order valence-electron chi connectivity index (χ3n) is 2.95.